The molecule has 1 saturated heterocycles. The molecule has 1 N–H and O–H groups in total. The molecule has 20 heavy (non-hydrogen) atoms. The van der Waals surface area contributed by atoms with Crippen molar-refractivity contribution in [3.05, 3.63) is 0 Å². The average Bonchev–Trinajstić information content (AvgIpc) is 3.31. The summed E-state index contributed by atoms with van der Waals surface area (Å²) in [6.07, 6.45) is 7.58. The minimum atomic E-state index is 0. The lowest BCUT2D eigenvalue weighted by Crippen LogP contribution is -2.46. The number of rotatable bonds is 7. The summed E-state index contributed by atoms with van der Waals surface area (Å²) in [5, 5.41) is 3.64. The normalized spacial score (nSPS) is 23.5. The average molecular weight is 303 g/mol. The molecule has 0 spiro atoms. The minimum Gasteiger partial charge on any atom is -0.371 e. The second-order valence-corrected chi connectivity index (χ2v) is 6.47. The van der Waals surface area contributed by atoms with Gasteiger partial charge in [-0.1, -0.05) is 0 Å². The fraction of sp³-hybridized carbons (Fsp3) is 0.933. The van der Waals surface area contributed by atoms with Crippen LogP contribution in [0.5, 0.6) is 0 Å². The fourth-order valence-corrected chi connectivity index (χ4v) is 2.68. The number of halogens is 1. The van der Waals surface area contributed by atoms with Crippen molar-refractivity contribution in [2.24, 2.45) is 11.8 Å². The van der Waals surface area contributed by atoms with Gasteiger partial charge in [0.15, 0.2) is 0 Å². The topological polar surface area (TPSA) is 41.6 Å². The Balaban J connectivity index is 0.00000147. The molecule has 0 bridgehead atoms. The van der Waals surface area contributed by atoms with E-state index in [1.165, 1.54) is 32.2 Å². The number of nitrogens with zero attached hydrogens (tertiary/aromatic N) is 1. The zero-order valence-electron chi connectivity index (χ0n) is 12.2. The molecule has 1 amide bonds. The fourth-order valence-electron chi connectivity index (χ4n) is 2.68. The number of ether oxygens (including phenoxy) is 1. The molecule has 3 fully saturated rings. The van der Waals surface area contributed by atoms with E-state index in [1.54, 1.807) is 0 Å². The van der Waals surface area contributed by atoms with E-state index in [0.717, 1.165) is 44.4 Å². The molecule has 4 nitrogen and oxygen atoms in total. The van der Waals surface area contributed by atoms with Gasteiger partial charge in [0.1, 0.15) is 6.61 Å². The third-order valence-corrected chi connectivity index (χ3v) is 4.52. The summed E-state index contributed by atoms with van der Waals surface area (Å²) >= 11 is 0. The van der Waals surface area contributed by atoms with Crippen molar-refractivity contribution < 1.29 is 9.53 Å². The molecule has 0 unspecified atom stereocenters. The highest BCUT2D eigenvalue weighted by Gasteiger charge is 2.26. The van der Waals surface area contributed by atoms with Gasteiger partial charge < -0.3 is 15.0 Å². The van der Waals surface area contributed by atoms with Crippen LogP contribution >= 0.6 is 12.4 Å². The standard InChI is InChI=1S/C15H26N2O2.ClH/c18-15(11-19-10-13-3-4-13)17-7-5-14(6-8-17)16-9-12-1-2-12;/h12-14,16H,1-11H2;1H. The number of hydrogen-bond donors (Lipinski definition) is 1. The van der Waals surface area contributed by atoms with Crippen LogP contribution in [0.4, 0.5) is 0 Å². The van der Waals surface area contributed by atoms with Gasteiger partial charge in [-0.3, -0.25) is 4.79 Å². The Morgan fingerprint density at radius 2 is 1.70 bits per heavy atom. The smallest absolute Gasteiger partial charge is 0.248 e. The van der Waals surface area contributed by atoms with Crippen molar-refractivity contribution in [1.82, 2.24) is 10.2 Å². The van der Waals surface area contributed by atoms with Gasteiger partial charge in [-0.15, -0.1) is 12.4 Å². The molecule has 3 rings (SSSR count). The lowest BCUT2D eigenvalue weighted by molar-refractivity contribution is -0.137. The maximum absolute atomic E-state index is 12.0. The van der Waals surface area contributed by atoms with Crippen LogP contribution in [0.25, 0.3) is 0 Å². The second-order valence-electron chi connectivity index (χ2n) is 6.47. The Bertz CT molecular complexity index is 311. The van der Waals surface area contributed by atoms with Crippen molar-refractivity contribution in [2.45, 2.75) is 44.6 Å². The molecule has 2 saturated carbocycles. The lowest BCUT2D eigenvalue weighted by atomic mass is 10.0. The Morgan fingerprint density at radius 3 is 2.30 bits per heavy atom. The third-order valence-electron chi connectivity index (χ3n) is 4.52. The first-order valence-electron chi connectivity index (χ1n) is 7.90. The van der Waals surface area contributed by atoms with Crippen molar-refractivity contribution in [2.75, 3.05) is 32.8 Å². The molecule has 2 aliphatic carbocycles. The molecule has 0 radical (unpaired) electrons. The Hall–Kier alpha value is -0.320. The quantitative estimate of drug-likeness (QED) is 0.780. The number of nitrogens with one attached hydrogen (secondary N) is 1. The van der Waals surface area contributed by atoms with Gasteiger partial charge >= 0.3 is 0 Å². The van der Waals surface area contributed by atoms with Crippen LogP contribution < -0.4 is 5.32 Å². The first-order chi connectivity index (χ1) is 9.31. The first-order valence-corrected chi connectivity index (χ1v) is 7.90. The highest BCUT2D eigenvalue weighted by atomic mass is 35.5. The largest absolute Gasteiger partial charge is 0.371 e. The van der Waals surface area contributed by atoms with Crippen molar-refractivity contribution in [3.8, 4) is 0 Å². The van der Waals surface area contributed by atoms with Crippen molar-refractivity contribution in [1.29, 1.82) is 0 Å². The van der Waals surface area contributed by atoms with E-state index < -0.39 is 0 Å². The molecule has 1 heterocycles. The Morgan fingerprint density at radius 1 is 1.05 bits per heavy atom. The van der Waals surface area contributed by atoms with Crippen molar-refractivity contribution in [3.63, 3.8) is 0 Å². The highest BCUT2D eigenvalue weighted by Crippen LogP contribution is 2.29. The van der Waals surface area contributed by atoms with Crippen LogP contribution in [0, 0.1) is 11.8 Å². The predicted octanol–water partition coefficient (Wildman–Crippen LogP) is 1.83. The lowest BCUT2D eigenvalue weighted by Gasteiger charge is -2.32. The van der Waals surface area contributed by atoms with Gasteiger partial charge in [-0.25, -0.2) is 0 Å². The summed E-state index contributed by atoms with van der Waals surface area (Å²) < 4.78 is 5.48. The molecule has 0 aromatic heterocycles. The molecular formula is C15H27ClN2O2. The van der Waals surface area contributed by atoms with E-state index in [9.17, 15) is 4.79 Å². The van der Waals surface area contributed by atoms with E-state index >= 15 is 0 Å². The number of carbonyl (C=O) groups excluding carboxylic acids is 1. The van der Waals surface area contributed by atoms with Gasteiger partial charge in [-0.05, 0) is 56.9 Å². The Labute approximate surface area is 128 Å². The highest BCUT2D eigenvalue weighted by molar-refractivity contribution is 5.85. The molecule has 0 atom stereocenters. The number of hydrogen-bond acceptors (Lipinski definition) is 3. The van der Waals surface area contributed by atoms with E-state index in [0.29, 0.717) is 6.04 Å². The SMILES string of the molecule is Cl.O=C(COCC1CC1)N1CCC(NCC2CC2)CC1. The summed E-state index contributed by atoms with van der Waals surface area (Å²) in [7, 11) is 0. The number of likely N-dealkylation sites (tertiary alicyclic amines) is 1. The molecule has 0 aromatic carbocycles. The monoisotopic (exact) mass is 302 g/mol. The van der Waals surface area contributed by atoms with E-state index in [1.807, 2.05) is 4.90 Å². The van der Waals surface area contributed by atoms with Gasteiger partial charge in [0, 0.05) is 19.1 Å². The van der Waals surface area contributed by atoms with Crippen LogP contribution in [-0.4, -0.2) is 49.7 Å². The summed E-state index contributed by atoms with van der Waals surface area (Å²) in [5.41, 5.74) is 0. The number of carbonyl (C=O) groups is 1. The van der Waals surface area contributed by atoms with E-state index in [4.69, 9.17) is 4.74 Å². The number of amides is 1. The van der Waals surface area contributed by atoms with Crippen LogP contribution in [0.3, 0.4) is 0 Å². The summed E-state index contributed by atoms with van der Waals surface area (Å²) in [6.45, 7) is 4.05. The molecule has 0 aromatic rings. The third kappa shape index (κ3) is 5.23. The molecule has 116 valence electrons. The van der Waals surface area contributed by atoms with Crippen LogP contribution in [0.1, 0.15) is 38.5 Å². The zero-order chi connectivity index (χ0) is 13.1. The first kappa shape index (κ1) is 16.1. The van der Waals surface area contributed by atoms with Crippen molar-refractivity contribution >= 4 is 18.3 Å². The predicted molar refractivity (Wildman–Crippen MR) is 81.1 cm³/mol. The molecule has 5 heteroatoms. The summed E-state index contributed by atoms with van der Waals surface area (Å²) in [5.74, 6) is 1.86. The van der Waals surface area contributed by atoms with E-state index in [-0.39, 0.29) is 24.9 Å². The van der Waals surface area contributed by atoms with E-state index in [2.05, 4.69) is 5.32 Å². The van der Waals surface area contributed by atoms with Gasteiger partial charge in [0.2, 0.25) is 5.91 Å². The summed E-state index contributed by atoms with van der Waals surface area (Å²) in [4.78, 5) is 13.9. The zero-order valence-corrected chi connectivity index (χ0v) is 13.0. The molecular weight excluding hydrogens is 276 g/mol. The van der Waals surface area contributed by atoms with Gasteiger partial charge in [0.25, 0.3) is 0 Å². The minimum absolute atomic E-state index is 0. The maximum Gasteiger partial charge on any atom is 0.248 e. The Kier molecular flexibility index (Phi) is 6.12. The molecule has 1 aliphatic heterocycles. The van der Waals surface area contributed by atoms with Crippen LogP contribution in [-0.2, 0) is 9.53 Å². The number of piperidine rings is 1. The van der Waals surface area contributed by atoms with Crippen LogP contribution in [0.15, 0.2) is 0 Å². The van der Waals surface area contributed by atoms with Gasteiger partial charge in [0.05, 0.1) is 6.61 Å². The maximum atomic E-state index is 12.0. The van der Waals surface area contributed by atoms with Crippen LogP contribution in [0.2, 0.25) is 0 Å². The second kappa shape index (κ2) is 7.62. The molecule has 3 aliphatic rings. The summed E-state index contributed by atoms with van der Waals surface area (Å²) in [6, 6.07) is 0.622. The van der Waals surface area contributed by atoms with Gasteiger partial charge in [-0.2, -0.15) is 0 Å².